The van der Waals surface area contributed by atoms with Crippen LogP contribution >= 0.6 is 11.6 Å². The van der Waals surface area contributed by atoms with E-state index in [4.69, 9.17) is 16.3 Å². The zero-order valence-electron chi connectivity index (χ0n) is 11.6. The third-order valence-electron chi connectivity index (χ3n) is 3.03. The molecule has 6 nitrogen and oxygen atoms in total. The molecular weight excluding hydrogens is 296 g/mol. The maximum Gasteiger partial charge on any atom is 0.331 e. The van der Waals surface area contributed by atoms with Gasteiger partial charge in [0.05, 0.1) is 6.61 Å². The number of carbonyl (C=O) groups is 2. The summed E-state index contributed by atoms with van der Waals surface area (Å²) in [5.41, 5.74) is 0.157. The summed E-state index contributed by atoms with van der Waals surface area (Å²) in [5.74, 6) is -1.41. The van der Waals surface area contributed by atoms with Crippen molar-refractivity contribution in [3.8, 4) is 5.88 Å². The molecule has 1 aromatic rings. The minimum absolute atomic E-state index is 0.0343. The van der Waals surface area contributed by atoms with Crippen LogP contribution in [0.3, 0.4) is 0 Å². The van der Waals surface area contributed by atoms with E-state index < -0.39 is 17.8 Å². The van der Waals surface area contributed by atoms with E-state index in [1.807, 2.05) is 6.92 Å². The van der Waals surface area contributed by atoms with E-state index in [-0.39, 0.29) is 29.1 Å². The zero-order chi connectivity index (χ0) is 15.4. The van der Waals surface area contributed by atoms with Crippen LogP contribution in [0.4, 0.5) is 0 Å². The number of aromatic nitrogens is 1. The maximum atomic E-state index is 12.4. The van der Waals surface area contributed by atoms with Crippen molar-refractivity contribution >= 4 is 23.4 Å². The highest BCUT2D eigenvalue weighted by Gasteiger charge is 2.35. The highest BCUT2D eigenvalue weighted by Crippen LogP contribution is 2.23. The third-order valence-corrected chi connectivity index (χ3v) is 3.31. The highest BCUT2D eigenvalue weighted by molar-refractivity contribution is 6.32. The van der Waals surface area contributed by atoms with Crippen LogP contribution in [0.2, 0.25) is 5.02 Å². The monoisotopic (exact) mass is 312 g/mol. The minimum Gasteiger partial charge on any atom is -0.492 e. The number of hydrogen-bond donors (Lipinski definition) is 2. The van der Waals surface area contributed by atoms with Gasteiger partial charge in [0, 0.05) is 17.8 Å². The molecular formula is C14H17ClN2O4. The van der Waals surface area contributed by atoms with Crippen molar-refractivity contribution in [3.05, 3.63) is 22.8 Å². The Morgan fingerprint density at radius 3 is 2.86 bits per heavy atom. The number of pyridine rings is 1. The second-order valence-corrected chi connectivity index (χ2v) is 5.34. The molecule has 114 valence electrons. The van der Waals surface area contributed by atoms with E-state index in [2.05, 4.69) is 10.3 Å². The van der Waals surface area contributed by atoms with Crippen LogP contribution < -0.4 is 5.32 Å². The van der Waals surface area contributed by atoms with Crippen LogP contribution in [0, 0.1) is 0 Å². The topological polar surface area (TPSA) is 88.5 Å². The molecule has 1 aliphatic carbocycles. The fourth-order valence-electron chi connectivity index (χ4n) is 1.75. The number of hydrogen-bond acceptors (Lipinski definition) is 6. The van der Waals surface area contributed by atoms with Gasteiger partial charge >= 0.3 is 5.97 Å². The molecule has 0 bridgehead atoms. The van der Waals surface area contributed by atoms with Crippen LogP contribution in [0.1, 0.15) is 36.5 Å². The maximum absolute atomic E-state index is 12.4. The summed E-state index contributed by atoms with van der Waals surface area (Å²) >= 11 is 5.74. The smallest absolute Gasteiger partial charge is 0.331 e. The molecule has 1 aliphatic rings. The van der Waals surface area contributed by atoms with Crippen molar-refractivity contribution in [1.82, 2.24) is 10.3 Å². The average molecular weight is 313 g/mol. The number of aromatic hydroxyl groups is 1. The van der Waals surface area contributed by atoms with Gasteiger partial charge in [-0.05, 0) is 25.3 Å². The molecule has 1 atom stereocenters. The van der Waals surface area contributed by atoms with Gasteiger partial charge in [-0.25, -0.2) is 9.78 Å². The Hall–Kier alpha value is -1.66. The molecule has 2 rings (SSSR count). The quantitative estimate of drug-likeness (QED) is 0.452. The lowest BCUT2D eigenvalue weighted by atomic mass is 10.1. The van der Waals surface area contributed by atoms with E-state index in [9.17, 15) is 14.7 Å². The second kappa shape index (κ2) is 6.87. The first-order chi connectivity index (χ1) is 10.0. The molecule has 2 N–H and O–H groups in total. The first kappa shape index (κ1) is 15.7. The summed E-state index contributed by atoms with van der Waals surface area (Å²) in [6.45, 7) is 2.14. The minimum atomic E-state index is -1.06. The number of esters is 1. The van der Waals surface area contributed by atoms with Gasteiger partial charge in [-0.3, -0.25) is 10.1 Å². The molecule has 0 amide bonds. The molecule has 1 fully saturated rings. The van der Waals surface area contributed by atoms with E-state index in [0.29, 0.717) is 6.42 Å². The lowest BCUT2D eigenvalue weighted by Crippen LogP contribution is -2.45. The molecule has 0 spiro atoms. The highest BCUT2D eigenvalue weighted by atomic mass is 35.5. The van der Waals surface area contributed by atoms with Crippen molar-refractivity contribution in [2.75, 3.05) is 6.61 Å². The fraction of sp³-hybridized carbons (Fsp3) is 0.500. The average Bonchev–Trinajstić information content (AvgIpc) is 3.28. The van der Waals surface area contributed by atoms with Crippen molar-refractivity contribution in [3.63, 3.8) is 0 Å². The molecule has 1 aromatic heterocycles. The molecule has 1 unspecified atom stereocenters. The number of Topliss-reactive ketones (excluding diaryl/α,β-unsaturated/α-hetero) is 1. The standard InChI is InChI=1S/C14H17ClN2O4/c1-2-5-21-14(20)11(17-9-3-4-9)12(18)8-6-10(15)13(19)16-7-8/h6-7,9,11,17H,2-5H2,1H3,(H,16,19). The molecule has 0 aliphatic heterocycles. The van der Waals surface area contributed by atoms with Gasteiger partial charge in [0.1, 0.15) is 5.02 Å². The summed E-state index contributed by atoms with van der Waals surface area (Å²) in [7, 11) is 0. The Morgan fingerprint density at radius 1 is 1.57 bits per heavy atom. The first-order valence-electron chi connectivity index (χ1n) is 6.84. The van der Waals surface area contributed by atoms with E-state index >= 15 is 0 Å². The largest absolute Gasteiger partial charge is 0.492 e. The lowest BCUT2D eigenvalue weighted by Gasteiger charge is -2.16. The number of rotatable bonds is 7. The summed E-state index contributed by atoms with van der Waals surface area (Å²) in [4.78, 5) is 28.1. The number of carbonyl (C=O) groups excluding carboxylic acids is 2. The predicted molar refractivity (Wildman–Crippen MR) is 76.4 cm³/mol. The Labute approximate surface area is 127 Å². The summed E-state index contributed by atoms with van der Waals surface area (Å²) in [6, 6.07) is 0.390. The normalized spacial score (nSPS) is 15.5. The lowest BCUT2D eigenvalue weighted by molar-refractivity contribution is -0.144. The summed E-state index contributed by atoms with van der Waals surface area (Å²) in [6.07, 6.45) is 3.74. The Kier molecular flexibility index (Phi) is 5.14. The first-order valence-corrected chi connectivity index (χ1v) is 7.22. The van der Waals surface area contributed by atoms with Gasteiger partial charge in [0.25, 0.3) is 0 Å². The molecule has 1 saturated carbocycles. The molecule has 0 aromatic carbocycles. The summed E-state index contributed by atoms with van der Waals surface area (Å²) < 4.78 is 5.05. The van der Waals surface area contributed by atoms with Gasteiger partial charge in [-0.15, -0.1) is 0 Å². The van der Waals surface area contributed by atoms with Gasteiger partial charge in [0.2, 0.25) is 5.88 Å². The Morgan fingerprint density at radius 2 is 2.29 bits per heavy atom. The fourth-order valence-corrected chi connectivity index (χ4v) is 1.92. The van der Waals surface area contributed by atoms with E-state index in [1.165, 1.54) is 12.3 Å². The number of nitrogens with one attached hydrogen (secondary N) is 1. The van der Waals surface area contributed by atoms with Crippen LogP contribution in [0.25, 0.3) is 0 Å². The number of ether oxygens (including phenoxy) is 1. The van der Waals surface area contributed by atoms with E-state index in [1.54, 1.807) is 0 Å². The van der Waals surface area contributed by atoms with Crippen molar-refractivity contribution in [2.45, 2.75) is 38.3 Å². The van der Waals surface area contributed by atoms with Crippen LogP contribution in [0.15, 0.2) is 12.3 Å². The van der Waals surface area contributed by atoms with Crippen molar-refractivity contribution in [1.29, 1.82) is 0 Å². The number of nitrogens with zero attached hydrogens (tertiary/aromatic N) is 1. The molecule has 7 heteroatoms. The second-order valence-electron chi connectivity index (χ2n) is 4.94. The molecule has 0 saturated heterocycles. The zero-order valence-corrected chi connectivity index (χ0v) is 12.4. The molecule has 0 radical (unpaired) electrons. The summed E-state index contributed by atoms with van der Waals surface area (Å²) in [5, 5.41) is 12.2. The van der Waals surface area contributed by atoms with Gasteiger partial charge in [0.15, 0.2) is 11.8 Å². The van der Waals surface area contributed by atoms with Crippen LogP contribution in [-0.2, 0) is 9.53 Å². The van der Waals surface area contributed by atoms with Gasteiger partial charge in [-0.1, -0.05) is 18.5 Å². The van der Waals surface area contributed by atoms with Gasteiger partial charge in [-0.2, -0.15) is 0 Å². The predicted octanol–water partition coefficient (Wildman–Crippen LogP) is 1.70. The molecule has 21 heavy (non-hydrogen) atoms. The van der Waals surface area contributed by atoms with Crippen LogP contribution in [0.5, 0.6) is 5.88 Å². The SMILES string of the molecule is CCCOC(=O)C(NC1CC1)C(=O)c1cnc(O)c(Cl)c1. The Bertz CT molecular complexity index is 546. The van der Waals surface area contributed by atoms with Gasteiger partial charge < -0.3 is 9.84 Å². The Balaban J connectivity index is 2.15. The molecule has 1 heterocycles. The van der Waals surface area contributed by atoms with Crippen LogP contribution in [-0.4, -0.2) is 40.5 Å². The number of ketones is 1. The third kappa shape index (κ3) is 4.15. The van der Waals surface area contributed by atoms with E-state index in [0.717, 1.165) is 12.8 Å². The number of halogens is 1. The van der Waals surface area contributed by atoms with Crippen molar-refractivity contribution < 1.29 is 19.4 Å². The van der Waals surface area contributed by atoms with Crippen molar-refractivity contribution in [2.24, 2.45) is 0 Å².